The zero-order valence-electron chi connectivity index (χ0n) is 25.1. The Morgan fingerprint density at radius 2 is 1.86 bits per heavy atom. The van der Waals surface area contributed by atoms with Crippen molar-refractivity contribution < 1.29 is 23.6 Å². The van der Waals surface area contributed by atoms with Crippen LogP contribution >= 0.6 is 0 Å². The third kappa shape index (κ3) is 5.73. The zero-order chi connectivity index (χ0) is 31.1. The minimum absolute atomic E-state index is 0.0270. The maximum Gasteiger partial charge on any atom is 0.246 e. The van der Waals surface area contributed by atoms with Gasteiger partial charge in [0.15, 0.2) is 0 Å². The van der Waals surface area contributed by atoms with Gasteiger partial charge >= 0.3 is 0 Å². The van der Waals surface area contributed by atoms with Gasteiger partial charge in [-0.3, -0.25) is 19.2 Å². The van der Waals surface area contributed by atoms with Gasteiger partial charge in [-0.2, -0.15) is 5.26 Å². The molecule has 5 rings (SSSR count). The molecule has 0 aliphatic carbocycles. The van der Waals surface area contributed by atoms with E-state index in [0.717, 1.165) is 5.56 Å². The SMILES string of the molecule is CN(C(=O)C(Cc1ccc(F)cc1)N1CCCC1=O)[C@@H](CC(C)(C)C)C(=O)N1C[C@]2(C[C@H]1C#N)C(=O)Nc1ccccc12. The highest BCUT2D eigenvalue weighted by molar-refractivity contribution is 6.07. The highest BCUT2D eigenvalue weighted by atomic mass is 19.1. The maximum atomic E-state index is 14.4. The van der Waals surface area contributed by atoms with Crippen LogP contribution < -0.4 is 5.32 Å². The van der Waals surface area contributed by atoms with E-state index < -0.39 is 41.2 Å². The van der Waals surface area contributed by atoms with Crippen LogP contribution in [0.3, 0.4) is 0 Å². The third-order valence-electron chi connectivity index (χ3n) is 8.94. The van der Waals surface area contributed by atoms with Gasteiger partial charge < -0.3 is 20.0 Å². The van der Waals surface area contributed by atoms with Crippen molar-refractivity contribution in [3.63, 3.8) is 0 Å². The number of rotatable bonds is 7. The molecule has 1 spiro atoms. The maximum absolute atomic E-state index is 14.4. The standard InChI is InChI=1S/C33H38FN5O4/c1-32(2,3)18-27(30(42)39-20-33(17-23(39)19-35)24-8-5-6-9-25(24)36-31(33)43)37(4)29(41)26(38-15-7-10-28(38)40)16-21-11-13-22(34)14-12-21/h5-6,8-9,11-14,23,26-27H,7,10,15-18,20H2,1-4H3,(H,36,43)/t23-,26?,27-,33-/m0/s1. The monoisotopic (exact) mass is 587 g/mol. The van der Waals surface area contributed by atoms with Gasteiger partial charge in [0.2, 0.25) is 23.6 Å². The number of nitrogens with one attached hydrogen (secondary N) is 1. The number of likely N-dealkylation sites (tertiary alicyclic amines) is 2. The van der Waals surface area contributed by atoms with Crippen LogP contribution in [0, 0.1) is 22.6 Å². The summed E-state index contributed by atoms with van der Waals surface area (Å²) in [6.07, 6.45) is 1.60. The summed E-state index contributed by atoms with van der Waals surface area (Å²) in [7, 11) is 1.57. The second-order valence-corrected chi connectivity index (χ2v) is 13.2. The molecule has 10 heteroatoms. The van der Waals surface area contributed by atoms with E-state index >= 15 is 0 Å². The Morgan fingerprint density at radius 3 is 2.49 bits per heavy atom. The largest absolute Gasteiger partial charge is 0.332 e. The fourth-order valence-electron chi connectivity index (χ4n) is 6.71. The molecule has 3 heterocycles. The van der Waals surface area contributed by atoms with Crippen molar-refractivity contribution in [2.45, 2.75) is 76.4 Å². The number of nitriles is 1. The lowest BCUT2D eigenvalue weighted by molar-refractivity contribution is -0.150. The summed E-state index contributed by atoms with van der Waals surface area (Å²) in [5.74, 6) is -1.57. The first-order valence-corrected chi connectivity index (χ1v) is 14.8. The molecule has 2 aromatic carbocycles. The van der Waals surface area contributed by atoms with Gasteiger partial charge in [-0.1, -0.05) is 51.1 Å². The van der Waals surface area contributed by atoms with Crippen LogP contribution in [0.5, 0.6) is 0 Å². The lowest BCUT2D eigenvalue weighted by atomic mass is 9.80. The van der Waals surface area contributed by atoms with Crippen LogP contribution in [0.2, 0.25) is 0 Å². The van der Waals surface area contributed by atoms with E-state index in [-0.39, 0.29) is 36.6 Å². The summed E-state index contributed by atoms with van der Waals surface area (Å²) in [4.78, 5) is 59.3. The molecule has 1 N–H and O–H groups in total. The van der Waals surface area contributed by atoms with Crippen molar-refractivity contribution in [3.8, 4) is 6.07 Å². The Bertz CT molecular complexity index is 1480. The highest BCUT2D eigenvalue weighted by Gasteiger charge is 2.57. The van der Waals surface area contributed by atoms with Crippen LogP contribution in [-0.4, -0.2) is 76.6 Å². The molecule has 4 atom stereocenters. The Balaban J connectivity index is 1.47. The van der Waals surface area contributed by atoms with Crippen molar-refractivity contribution in [2.24, 2.45) is 5.41 Å². The number of carbonyl (C=O) groups is 4. The number of benzene rings is 2. The number of amides is 4. The number of carbonyl (C=O) groups excluding carboxylic acids is 4. The van der Waals surface area contributed by atoms with Crippen LogP contribution in [-0.2, 0) is 31.0 Å². The van der Waals surface area contributed by atoms with Gasteiger partial charge in [0.1, 0.15) is 23.9 Å². The summed E-state index contributed by atoms with van der Waals surface area (Å²) in [6.45, 7) is 6.36. The summed E-state index contributed by atoms with van der Waals surface area (Å²) in [5, 5.41) is 13.1. The summed E-state index contributed by atoms with van der Waals surface area (Å²) >= 11 is 0. The average molecular weight is 588 g/mol. The molecular formula is C33H38FN5O4. The van der Waals surface area contributed by atoms with Gasteiger partial charge in [-0.25, -0.2) is 4.39 Å². The van der Waals surface area contributed by atoms with Gasteiger partial charge in [0.05, 0.1) is 11.5 Å². The molecule has 4 amide bonds. The fourth-order valence-corrected chi connectivity index (χ4v) is 6.71. The molecule has 0 bridgehead atoms. The van der Waals surface area contributed by atoms with Crippen molar-refractivity contribution in [1.29, 1.82) is 5.26 Å². The number of likely N-dealkylation sites (N-methyl/N-ethyl adjacent to an activating group) is 1. The predicted octanol–water partition coefficient (Wildman–Crippen LogP) is 3.64. The van der Waals surface area contributed by atoms with E-state index in [4.69, 9.17) is 0 Å². The van der Waals surface area contributed by atoms with E-state index in [1.807, 2.05) is 45.0 Å². The van der Waals surface area contributed by atoms with Crippen molar-refractivity contribution >= 4 is 29.3 Å². The number of hydrogen-bond donors (Lipinski definition) is 1. The highest BCUT2D eigenvalue weighted by Crippen LogP contribution is 2.46. The first-order valence-electron chi connectivity index (χ1n) is 14.8. The number of fused-ring (bicyclic) bond motifs is 2. The molecule has 0 radical (unpaired) electrons. The molecule has 43 heavy (non-hydrogen) atoms. The quantitative estimate of drug-likeness (QED) is 0.532. The van der Waals surface area contributed by atoms with E-state index in [2.05, 4.69) is 11.4 Å². The molecular weight excluding hydrogens is 549 g/mol. The van der Waals surface area contributed by atoms with Gasteiger partial charge in [-0.05, 0) is 47.6 Å². The molecule has 2 fully saturated rings. The molecule has 1 unspecified atom stereocenters. The van der Waals surface area contributed by atoms with Crippen LogP contribution in [0.1, 0.15) is 57.6 Å². The molecule has 9 nitrogen and oxygen atoms in total. The molecule has 2 aromatic rings. The van der Waals surface area contributed by atoms with Crippen LogP contribution in [0.15, 0.2) is 48.5 Å². The minimum atomic E-state index is -1.05. The Morgan fingerprint density at radius 1 is 1.16 bits per heavy atom. The summed E-state index contributed by atoms with van der Waals surface area (Å²) in [5.41, 5.74) is 0.717. The third-order valence-corrected chi connectivity index (χ3v) is 8.94. The van der Waals surface area contributed by atoms with E-state index in [0.29, 0.717) is 37.1 Å². The van der Waals surface area contributed by atoms with Crippen molar-refractivity contribution in [1.82, 2.24) is 14.7 Å². The first kappa shape index (κ1) is 30.2. The van der Waals surface area contributed by atoms with Crippen LogP contribution in [0.4, 0.5) is 10.1 Å². The number of hydrogen-bond acceptors (Lipinski definition) is 5. The fraction of sp³-hybridized carbons (Fsp3) is 0.485. The Labute approximate surface area is 251 Å². The van der Waals surface area contributed by atoms with E-state index in [1.54, 1.807) is 24.1 Å². The molecule has 3 aliphatic rings. The molecule has 0 aromatic heterocycles. The second-order valence-electron chi connectivity index (χ2n) is 13.2. The van der Waals surface area contributed by atoms with Crippen molar-refractivity contribution in [2.75, 3.05) is 25.5 Å². The zero-order valence-corrected chi connectivity index (χ0v) is 25.1. The molecule has 0 saturated carbocycles. The molecule has 2 saturated heterocycles. The number of anilines is 1. The topological polar surface area (TPSA) is 114 Å². The van der Waals surface area contributed by atoms with E-state index in [1.165, 1.54) is 21.9 Å². The van der Waals surface area contributed by atoms with Gasteiger partial charge in [0, 0.05) is 45.1 Å². The second kappa shape index (κ2) is 11.4. The lowest BCUT2D eigenvalue weighted by Crippen LogP contribution is -2.57. The number of para-hydroxylation sites is 1. The number of halogens is 1. The Kier molecular flexibility index (Phi) is 8.03. The van der Waals surface area contributed by atoms with Crippen LogP contribution in [0.25, 0.3) is 0 Å². The summed E-state index contributed by atoms with van der Waals surface area (Å²) in [6, 6.07) is 12.7. The molecule has 3 aliphatic heterocycles. The van der Waals surface area contributed by atoms with E-state index in [9.17, 15) is 28.8 Å². The van der Waals surface area contributed by atoms with Crippen molar-refractivity contribution in [3.05, 3.63) is 65.5 Å². The summed E-state index contributed by atoms with van der Waals surface area (Å²) < 4.78 is 13.6. The Hall–Kier alpha value is -4.26. The minimum Gasteiger partial charge on any atom is -0.332 e. The smallest absolute Gasteiger partial charge is 0.246 e. The normalized spacial score (nSPS) is 22.7. The lowest BCUT2D eigenvalue weighted by Gasteiger charge is -2.38. The first-order chi connectivity index (χ1) is 20.3. The predicted molar refractivity (Wildman–Crippen MR) is 158 cm³/mol. The average Bonchev–Trinajstić information content (AvgIpc) is 3.65. The molecule has 226 valence electrons. The van der Waals surface area contributed by atoms with Gasteiger partial charge in [-0.15, -0.1) is 0 Å². The number of nitrogens with zero attached hydrogens (tertiary/aromatic N) is 4. The van der Waals surface area contributed by atoms with Gasteiger partial charge in [0.25, 0.3) is 0 Å².